The van der Waals surface area contributed by atoms with Gasteiger partial charge in [-0.15, -0.1) is 0 Å². The van der Waals surface area contributed by atoms with Crippen molar-refractivity contribution in [2.45, 2.75) is 64.4 Å². The first kappa shape index (κ1) is 26.1. The van der Waals surface area contributed by atoms with Gasteiger partial charge in [-0.05, 0) is 44.0 Å². The molecule has 2 aromatic rings. The molecule has 1 saturated heterocycles. The molecule has 0 bridgehead atoms. The van der Waals surface area contributed by atoms with Crippen molar-refractivity contribution in [3.05, 3.63) is 48.0 Å². The van der Waals surface area contributed by atoms with Crippen molar-refractivity contribution in [1.82, 2.24) is 21.4 Å². The summed E-state index contributed by atoms with van der Waals surface area (Å²) in [4.78, 5) is 55.2. The predicted octanol–water partition coefficient (Wildman–Crippen LogP) is 1.08. The highest BCUT2D eigenvalue weighted by atomic mass is 16.7. The van der Waals surface area contributed by atoms with E-state index in [2.05, 4.69) is 21.4 Å². The van der Waals surface area contributed by atoms with Crippen molar-refractivity contribution in [3.63, 3.8) is 0 Å². The highest BCUT2D eigenvalue weighted by Gasteiger charge is 2.35. The van der Waals surface area contributed by atoms with Gasteiger partial charge in [0.05, 0.1) is 18.6 Å². The molecule has 0 aromatic heterocycles. The fourth-order valence-corrected chi connectivity index (χ4v) is 3.27. The quantitative estimate of drug-likeness (QED) is 0.294. The van der Waals surface area contributed by atoms with Crippen LogP contribution in [0.2, 0.25) is 0 Å². The molecule has 188 valence electrons. The van der Waals surface area contributed by atoms with Gasteiger partial charge in [0.25, 0.3) is 5.91 Å². The second-order valence-electron chi connectivity index (χ2n) is 9.41. The minimum atomic E-state index is -1.21. The van der Waals surface area contributed by atoms with Crippen molar-refractivity contribution in [2.24, 2.45) is 0 Å². The van der Waals surface area contributed by atoms with Crippen LogP contribution in [0.25, 0.3) is 10.8 Å². The minimum absolute atomic E-state index is 0.256. The van der Waals surface area contributed by atoms with Gasteiger partial charge in [0.2, 0.25) is 17.7 Å². The lowest BCUT2D eigenvalue weighted by molar-refractivity contribution is -0.147. The minimum Gasteiger partial charge on any atom is -0.363 e. The average molecular weight is 485 g/mol. The van der Waals surface area contributed by atoms with Crippen LogP contribution in [0.3, 0.4) is 0 Å². The molecule has 1 heterocycles. The Morgan fingerprint density at radius 3 is 2.40 bits per heavy atom. The highest BCUT2D eigenvalue weighted by Crippen LogP contribution is 2.18. The molecule has 1 aliphatic rings. The third kappa shape index (κ3) is 8.04. The van der Waals surface area contributed by atoms with E-state index < -0.39 is 47.4 Å². The molecule has 4 amide bonds. The molecule has 0 aliphatic carbocycles. The molecule has 3 rings (SSSR count). The smallest absolute Gasteiger partial charge is 0.252 e. The van der Waals surface area contributed by atoms with Crippen LogP contribution in [0.4, 0.5) is 0 Å². The summed E-state index contributed by atoms with van der Waals surface area (Å²) >= 11 is 0. The maximum absolute atomic E-state index is 12.9. The maximum atomic E-state index is 12.9. The number of amides is 4. The molecular weight excluding hydrogens is 452 g/mol. The van der Waals surface area contributed by atoms with E-state index in [1.165, 1.54) is 6.92 Å². The number of hydrogen-bond donors (Lipinski definition) is 4. The number of carbonyl (C=O) groups is 4. The second-order valence-corrected chi connectivity index (χ2v) is 9.41. The van der Waals surface area contributed by atoms with Crippen LogP contribution in [0.15, 0.2) is 42.5 Å². The van der Waals surface area contributed by atoms with Crippen LogP contribution in [0, 0.1) is 0 Å². The Morgan fingerprint density at radius 2 is 1.71 bits per heavy atom. The lowest BCUT2D eigenvalue weighted by Gasteiger charge is -2.22. The number of carbonyl (C=O) groups excluding carboxylic acids is 4. The highest BCUT2D eigenvalue weighted by molar-refractivity contribution is 5.95. The third-order valence-electron chi connectivity index (χ3n) is 5.20. The molecule has 1 fully saturated rings. The van der Waals surface area contributed by atoms with Crippen molar-refractivity contribution in [2.75, 3.05) is 6.61 Å². The van der Waals surface area contributed by atoms with Crippen molar-refractivity contribution >= 4 is 34.4 Å². The second kappa shape index (κ2) is 11.3. The number of epoxide rings is 1. The summed E-state index contributed by atoms with van der Waals surface area (Å²) in [6, 6.07) is 11.6. The van der Waals surface area contributed by atoms with Crippen LogP contribution in [0.5, 0.6) is 0 Å². The first-order valence-electron chi connectivity index (χ1n) is 11.5. The largest absolute Gasteiger partial charge is 0.363 e. The van der Waals surface area contributed by atoms with Gasteiger partial charge in [0, 0.05) is 6.54 Å². The Labute approximate surface area is 204 Å². The summed E-state index contributed by atoms with van der Waals surface area (Å²) in [6.45, 7) is 7.33. The zero-order valence-electron chi connectivity index (χ0n) is 20.3. The molecule has 10 heteroatoms. The zero-order chi connectivity index (χ0) is 25.6. The standard InChI is InChI=1S/C25H32N4O6/c1-15(22(31)26-13-17-10-7-9-16-8-5-6-11-18(16)17)27-23(32)19(28-24(33)20-14-34-20)12-21(30)29-35-25(2,3)4/h5-11,15,19-20H,12-14H2,1-4H3,(H,26,31)(H,27,32)(H,28,33)(H,29,30). The van der Waals surface area contributed by atoms with E-state index in [-0.39, 0.29) is 19.6 Å². The summed E-state index contributed by atoms with van der Waals surface area (Å²) < 4.78 is 4.94. The Bertz CT molecular complexity index is 1090. The SMILES string of the molecule is CC(NC(=O)C(CC(=O)NOC(C)(C)C)NC(=O)C1CO1)C(=O)NCc1cccc2ccccc12. The lowest BCUT2D eigenvalue weighted by Crippen LogP contribution is -2.54. The van der Waals surface area contributed by atoms with Gasteiger partial charge in [0.15, 0.2) is 6.10 Å². The van der Waals surface area contributed by atoms with Gasteiger partial charge in [-0.2, -0.15) is 0 Å². The number of hydroxylamine groups is 1. The van der Waals surface area contributed by atoms with E-state index in [9.17, 15) is 19.2 Å². The molecule has 10 nitrogen and oxygen atoms in total. The van der Waals surface area contributed by atoms with Crippen LogP contribution in [-0.4, -0.2) is 54.0 Å². The summed E-state index contributed by atoms with van der Waals surface area (Å²) in [5.41, 5.74) is 2.59. The molecule has 35 heavy (non-hydrogen) atoms. The Kier molecular flexibility index (Phi) is 8.42. The van der Waals surface area contributed by atoms with Gasteiger partial charge in [-0.3, -0.25) is 24.0 Å². The van der Waals surface area contributed by atoms with Gasteiger partial charge in [-0.25, -0.2) is 5.48 Å². The van der Waals surface area contributed by atoms with E-state index in [1.54, 1.807) is 20.8 Å². The molecule has 0 spiro atoms. The number of hydrogen-bond acceptors (Lipinski definition) is 6. The normalized spacial score (nSPS) is 16.6. The molecule has 3 atom stereocenters. The molecule has 3 unspecified atom stereocenters. The average Bonchev–Trinajstić information content (AvgIpc) is 3.66. The van der Waals surface area contributed by atoms with Gasteiger partial charge >= 0.3 is 0 Å². The van der Waals surface area contributed by atoms with E-state index in [4.69, 9.17) is 9.57 Å². The summed E-state index contributed by atoms with van der Waals surface area (Å²) in [5.74, 6) is -2.16. The Balaban J connectivity index is 1.57. The summed E-state index contributed by atoms with van der Waals surface area (Å²) in [5, 5.41) is 9.99. The molecule has 1 aliphatic heterocycles. The van der Waals surface area contributed by atoms with Gasteiger partial charge < -0.3 is 20.7 Å². The number of fused-ring (bicyclic) bond motifs is 1. The molecule has 0 saturated carbocycles. The number of ether oxygens (including phenoxy) is 1. The van der Waals surface area contributed by atoms with Crippen molar-refractivity contribution in [1.29, 1.82) is 0 Å². The first-order valence-corrected chi connectivity index (χ1v) is 11.5. The van der Waals surface area contributed by atoms with E-state index in [1.807, 2.05) is 42.5 Å². The van der Waals surface area contributed by atoms with Crippen LogP contribution >= 0.6 is 0 Å². The maximum Gasteiger partial charge on any atom is 0.252 e. The topological polar surface area (TPSA) is 138 Å². The van der Waals surface area contributed by atoms with Crippen molar-refractivity contribution in [3.8, 4) is 0 Å². The lowest BCUT2D eigenvalue weighted by atomic mass is 10.0. The van der Waals surface area contributed by atoms with Gasteiger partial charge in [-0.1, -0.05) is 42.5 Å². The molecule has 0 radical (unpaired) electrons. The van der Waals surface area contributed by atoms with Crippen LogP contribution in [-0.2, 0) is 35.3 Å². The zero-order valence-corrected chi connectivity index (χ0v) is 20.3. The van der Waals surface area contributed by atoms with Crippen LogP contribution in [0.1, 0.15) is 39.7 Å². The number of nitrogens with one attached hydrogen (secondary N) is 4. The molecule has 4 N–H and O–H groups in total. The van der Waals surface area contributed by atoms with E-state index in [0.717, 1.165) is 16.3 Å². The third-order valence-corrected chi connectivity index (χ3v) is 5.20. The fourth-order valence-electron chi connectivity index (χ4n) is 3.27. The number of rotatable bonds is 10. The summed E-state index contributed by atoms with van der Waals surface area (Å²) in [6.07, 6.45) is -1.01. The molecule has 2 aromatic carbocycles. The Morgan fingerprint density at radius 1 is 1.03 bits per heavy atom. The first-order chi connectivity index (χ1) is 16.5. The predicted molar refractivity (Wildman–Crippen MR) is 129 cm³/mol. The van der Waals surface area contributed by atoms with Crippen molar-refractivity contribution < 1.29 is 28.8 Å². The van der Waals surface area contributed by atoms with E-state index in [0.29, 0.717) is 0 Å². The van der Waals surface area contributed by atoms with E-state index >= 15 is 0 Å². The Hall–Kier alpha value is -3.50. The fraction of sp³-hybridized carbons (Fsp3) is 0.440. The van der Waals surface area contributed by atoms with Gasteiger partial charge in [0.1, 0.15) is 12.1 Å². The monoisotopic (exact) mass is 484 g/mol. The number of benzene rings is 2. The molecular formula is C25H32N4O6. The summed E-state index contributed by atoms with van der Waals surface area (Å²) in [7, 11) is 0. The van der Waals surface area contributed by atoms with Crippen LogP contribution < -0.4 is 21.4 Å².